The average molecular weight is 115 g/mol. The zero-order chi connectivity index (χ0) is 6.20. The normalized spacial score (nSPS) is 24.0. The van der Waals surface area contributed by atoms with Crippen LogP contribution in [-0.4, -0.2) is 24.8 Å². The average Bonchev–Trinajstić information content (AvgIpc) is 2.47. The summed E-state index contributed by atoms with van der Waals surface area (Å²) in [6.07, 6.45) is 2.55. The van der Waals surface area contributed by atoms with E-state index in [9.17, 15) is 0 Å². The van der Waals surface area contributed by atoms with E-state index in [0.717, 1.165) is 0 Å². The summed E-state index contributed by atoms with van der Waals surface area (Å²) in [5.41, 5.74) is 0.370. The standard InChI is InChI=1S/C6H13NO/c1-6(4-5-6)7(2)8-3/h4-5H2,1-3H3. The Labute approximate surface area is 50.4 Å². The molecule has 0 bridgehead atoms. The topological polar surface area (TPSA) is 12.5 Å². The van der Waals surface area contributed by atoms with Crippen molar-refractivity contribution in [2.75, 3.05) is 14.2 Å². The van der Waals surface area contributed by atoms with Crippen molar-refractivity contribution in [3.63, 3.8) is 0 Å². The molecule has 0 aliphatic heterocycles. The second-order valence-electron chi connectivity index (χ2n) is 2.68. The van der Waals surface area contributed by atoms with Crippen molar-refractivity contribution in [2.24, 2.45) is 0 Å². The molecule has 0 N–H and O–H groups in total. The molecule has 0 amide bonds. The van der Waals surface area contributed by atoms with Gasteiger partial charge in [-0.1, -0.05) is 0 Å². The van der Waals surface area contributed by atoms with Crippen LogP contribution in [0.1, 0.15) is 19.8 Å². The van der Waals surface area contributed by atoms with Gasteiger partial charge in [0.1, 0.15) is 0 Å². The highest BCUT2D eigenvalue weighted by atomic mass is 16.7. The Balaban J connectivity index is 2.34. The molecule has 0 spiro atoms. The molecule has 48 valence electrons. The lowest BCUT2D eigenvalue weighted by atomic mass is 10.3. The van der Waals surface area contributed by atoms with E-state index < -0.39 is 0 Å². The first kappa shape index (κ1) is 6.05. The molecule has 0 saturated heterocycles. The van der Waals surface area contributed by atoms with Gasteiger partial charge in [-0.2, -0.15) is 5.06 Å². The van der Waals surface area contributed by atoms with Crippen molar-refractivity contribution in [1.29, 1.82) is 0 Å². The van der Waals surface area contributed by atoms with Gasteiger partial charge in [0.2, 0.25) is 0 Å². The van der Waals surface area contributed by atoms with Crippen molar-refractivity contribution in [1.82, 2.24) is 5.06 Å². The lowest BCUT2D eigenvalue weighted by molar-refractivity contribution is -0.146. The number of hydrogen-bond donors (Lipinski definition) is 0. The van der Waals surface area contributed by atoms with Gasteiger partial charge in [-0.3, -0.25) is 0 Å². The van der Waals surface area contributed by atoms with Gasteiger partial charge in [0, 0.05) is 12.6 Å². The summed E-state index contributed by atoms with van der Waals surface area (Å²) < 4.78 is 0. The van der Waals surface area contributed by atoms with Crippen molar-refractivity contribution in [3.05, 3.63) is 0 Å². The largest absolute Gasteiger partial charge is 0.302 e. The van der Waals surface area contributed by atoms with Gasteiger partial charge in [-0.25, -0.2) is 0 Å². The highest BCUT2D eigenvalue weighted by molar-refractivity contribution is 4.95. The zero-order valence-electron chi connectivity index (χ0n) is 5.77. The van der Waals surface area contributed by atoms with Gasteiger partial charge in [0.15, 0.2) is 0 Å². The molecular formula is C6H13NO. The minimum Gasteiger partial charge on any atom is -0.302 e. The van der Waals surface area contributed by atoms with Gasteiger partial charge in [-0.05, 0) is 19.8 Å². The molecule has 0 aromatic carbocycles. The molecule has 2 heteroatoms. The summed E-state index contributed by atoms with van der Waals surface area (Å²) in [6, 6.07) is 0. The SMILES string of the molecule is CON(C)C1(C)CC1. The van der Waals surface area contributed by atoms with Crippen LogP contribution in [0.2, 0.25) is 0 Å². The number of rotatable bonds is 2. The van der Waals surface area contributed by atoms with Crippen LogP contribution >= 0.6 is 0 Å². The van der Waals surface area contributed by atoms with E-state index in [2.05, 4.69) is 6.92 Å². The second-order valence-corrected chi connectivity index (χ2v) is 2.68. The fourth-order valence-corrected chi connectivity index (χ4v) is 0.716. The lowest BCUT2D eigenvalue weighted by Crippen LogP contribution is -2.29. The zero-order valence-corrected chi connectivity index (χ0v) is 5.77. The quantitative estimate of drug-likeness (QED) is 0.498. The van der Waals surface area contributed by atoms with E-state index in [1.54, 1.807) is 7.11 Å². The molecule has 1 rings (SSSR count). The highest BCUT2D eigenvalue weighted by Gasteiger charge is 2.41. The second kappa shape index (κ2) is 1.71. The summed E-state index contributed by atoms with van der Waals surface area (Å²) in [5, 5.41) is 1.92. The Hall–Kier alpha value is -0.0800. The molecule has 8 heavy (non-hydrogen) atoms. The first-order valence-corrected chi connectivity index (χ1v) is 2.97. The molecular weight excluding hydrogens is 102 g/mol. The van der Waals surface area contributed by atoms with Crippen LogP contribution in [0.15, 0.2) is 0 Å². The molecule has 1 saturated carbocycles. The van der Waals surface area contributed by atoms with E-state index in [1.807, 2.05) is 12.1 Å². The van der Waals surface area contributed by atoms with Crippen LogP contribution in [0.5, 0.6) is 0 Å². The maximum atomic E-state index is 5.01. The van der Waals surface area contributed by atoms with Crippen LogP contribution in [0.4, 0.5) is 0 Å². The van der Waals surface area contributed by atoms with Crippen LogP contribution in [-0.2, 0) is 4.84 Å². The maximum absolute atomic E-state index is 5.01. The summed E-state index contributed by atoms with van der Waals surface area (Å²) in [7, 11) is 3.69. The van der Waals surface area contributed by atoms with E-state index in [-0.39, 0.29) is 0 Å². The highest BCUT2D eigenvalue weighted by Crippen LogP contribution is 2.39. The Kier molecular flexibility index (Phi) is 1.29. The Morgan fingerprint density at radius 1 is 1.50 bits per heavy atom. The third kappa shape index (κ3) is 0.858. The number of nitrogens with zero attached hydrogens (tertiary/aromatic N) is 1. The molecule has 0 heterocycles. The van der Waals surface area contributed by atoms with Gasteiger partial charge in [0.25, 0.3) is 0 Å². The van der Waals surface area contributed by atoms with Gasteiger partial charge in [0.05, 0.1) is 7.11 Å². The van der Waals surface area contributed by atoms with Gasteiger partial charge in [-0.15, -0.1) is 0 Å². The van der Waals surface area contributed by atoms with E-state index in [0.29, 0.717) is 5.54 Å². The Morgan fingerprint density at radius 2 is 2.00 bits per heavy atom. The molecule has 0 aromatic heterocycles. The third-order valence-electron chi connectivity index (χ3n) is 2.01. The monoisotopic (exact) mass is 115 g/mol. The minimum absolute atomic E-state index is 0.370. The van der Waals surface area contributed by atoms with Crippen LogP contribution < -0.4 is 0 Å². The first-order chi connectivity index (χ1) is 3.69. The molecule has 0 atom stereocenters. The molecule has 1 aliphatic rings. The fraction of sp³-hybridized carbons (Fsp3) is 1.00. The summed E-state index contributed by atoms with van der Waals surface area (Å²) >= 11 is 0. The molecule has 0 aromatic rings. The molecule has 2 nitrogen and oxygen atoms in total. The lowest BCUT2D eigenvalue weighted by Gasteiger charge is -2.20. The van der Waals surface area contributed by atoms with Gasteiger partial charge >= 0.3 is 0 Å². The van der Waals surface area contributed by atoms with E-state index >= 15 is 0 Å². The van der Waals surface area contributed by atoms with Crippen molar-refractivity contribution in [3.8, 4) is 0 Å². The first-order valence-electron chi connectivity index (χ1n) is 2.97. The number of hydrogen-bond acceptors (Lipinski definition) is 2. The molecule has 0 unspecified atom stereocenters. The van der Waals surface area contributed by atoms with Crippen molar-refractivity contribution in [2.45, 2.75) is 25.3 Å². The minimum atomic E-state index is 0.370. The van der Waals surface area contributed by atoms with Crippen molar-refractivity contribution >= 4 is 0 Å². The van der Waals surface area contributed by atoms with Gasteiger partial charge < -0.3 is 4.84 Å². The van der Waals surface area contributed by atoms with Crippen LogP contribution in [0.25, 0.3) is 0 Å². The smallest absolute Gasteiger partial charge is 0.0575 e. The maximum Gasteiger partial charge on any atom is 0.0575 e. The number of hydroxylamine groups is 2. The third-order valence-corrected chi connectivity index (χ3v) is 2.01. The predicted molar refractivity (Wildman–Crippen MR) is 32.4 cm³/mol. The van der Waals surface area contributed by atoms with E-state index in [4.69, 9.17) is 4.84 Å². The summed E-state index contributed by atoms with van der Waals surface area (Å²) in [6.45, 7) is 2.20. The predicted octanol–water partition coefficient (Wildman–Crippen LogP) is 1.03. The Morgan fingerprint density at radius 3 is 2.12 bits per heavy atom. The fourth-order valence-electron chi connectivity index (χ4n) is 0.716. The van der Waals surface area contributed by atoms with Crippen molar-refractivity contribution < 1.29 is 4.84 Å². The molecule has 0 radical (unpaired) electrons. The van der Waals surface area contributed by atoms with Crippen LogP contribution in [0, 0.1) is 0 Å². The van der Waals surface area contributed by atoms with Crippen LogP contribution in [0.3, 0.4) is 0 Å². The molecule has 1 aliphatic carbocycles. The summed E-state index contributed by atoms with van der Waals surface area (Å²) in [5.74, 6) is 0. The Bertz CT molecular complexity index is 88.5. The van der Waals surface area contributed by atoms with E-state index in [1.165, 1.54) is 12.8 Å². The summed E-state index contributed by atoms with van der Waals surface area (Å²) in [4.78, 5) is 5.01. The molecule has 1 fully saturated rings.